The SMILES string of the molecule is O=C1OC(C(=O)O)C1Cc1ccc2ccccc2c1.[Y]. The van der Waals surface area contributed by atoms with Crippen LogP contribution in [0.15, 0.2) is 42.5 Å². The van der Waals surface area contributed by atoms with Crippen molar-refractivity contribution in [2.45, 2.75) is 12.5 Å². The molecule has 99 valence electrons. The molecule has 0 amide bonds. The maximum atomic E-state index is 11.3. The molecule has 1 heterocycles. The smallest absolute Gasteiger partial charge is 0.345 e. The predicted molar refractivity (Wildman–Crippen MR) is 68.7 cm³/mol. The van der Waals surface area contributed by atoms with Crippen molar-refractivity contribution in [1.82, 2.24) is 0 Å². The van der Waals surface area contributed by atoms with Crippen molar-refractivity contribution in [2.24, 2.45) is 5.92 Å². The fourth-order valence-electron chi connectivity index (χ4n) is 2.38. The molecule has 0 aromatic heterocycles. The standard InChI is InChI=1S/C15H12O4.Y/c16-14(17)13-12(15(18)19-13)8-9-5-6-10-3-1-2-4-11(10)7-9;/h1-7,12-13H,8H2,(H,16,17);. The Labute approximate surface area is 141 Å². The quantitative estimate of drug-likeness (QED) is 0.865. The zero-order valence-electron chi connectivity index (χ0n) is 10.7. The molecule has 5 heteroatoms. The molecule has 1 aliphatic heterocycles. The number of rotatable bonds is 3. The summed E-state index contributed by atoms with van der Waals surface area (Å²) in [5.74, 6) is -2.08. The molecule has 2 aromatic rings. The van der Waals surface area contributed by atoms with Crippen LogP contribution in [0.2, 0.25) is 0 Å². The molecule has 20 heavy (non-hydrogen) atoms. The topological polar surface area (TPSA) is 63.6 Å². The molecular weight excluding hydrogens is 333 g/mol. The molecule has 0 aliphatic carbocycles. The second kappa shape index (κ2) is 6.02. The first-order valence-electron chi connectivity index (χ1n) is 6.06. The van der Waals surface area contributed by atoms with Crippen LogP contribution in [0.1, 0.15) is 5.56 Å². The van der Waals surface area contributed by atoms with Crippen LogP contribution in [-0.4, -0.2) is 23.1 Å². The average Bonchev–Trinajstić information content (AvgIpc) is 2.41. The number of cyclic esters (lactones) is 1. The van der Waals surface area contributed by atoms with Crippen LogP contribution >= 0.6 is 0 Å². The molecule has 0 spiro atoms. The van der Waals surface area contributed by atoms with E-state index in [1.807, 2.05) is 42.5 Å². The zero-order chi connectivity index (χ0) is 13.4. The minimum Gasteiger partial charge on any atom is -0.478 e. The molecule has 0 saturated carbocycles. The van der Waals surface area contributed by atoms with Crippen molar-refractivity contribution in [3.05, 3.63) is 48.0 Å². The molecule has 4 nitrogen and oxygen atoms in total. The van der Waals surface area contributed by atoms with Gasteiger partial charge in [-0.15, -0.1) is 0 Å². The van der Waals surface area contributed by atoms with E-state index < -0.39 is 24.0 Å². The number of esters is 1. The van der Waals surface area contributed by atoms with Crippen molar-refractivity contribution in [2.75, 3.05) is 0 Å². The summed E-state index contributed by atoms with van der Waals surface area (Å²) in [6, 6.07) is 13.8. The number of fused-ring (bicyclic) bond motifs is 1. The van der Waals surface area contributed by atoms with Crippen molar-refractivity contribution in [3.8, 4) is 0 Å². The minimum absolute atomic E-state index is 0. The third-order valence-electron chi connectivity index (χ3n) is 3.42. The van der Waals surface area contributed by atoms with Gasteiger partial charge in [0, 0.05) is 32.7 Å². The number of carboxylic acid groups (broad SMARTS) is 1. The van der Waals surface area contributed by atoms with E-state index in [1.165, 1.54) is 0 Å². The maximum absolute atomic E-state index is 11.3. The summed E-state index contributed by atoms with van der Waals surface area (Å²) < 4.78 is 4.63. The number of carbonyl (C=O) groups excluding carboxylic acids is 1. The zero-order valence-corrected chi connectivity index (χ0v) is 13.5. The van der Waals surface area contributed by atoms with E-state index in [-0.39, 0.29) is 32.7 Å². The molecule has 2 atom stereocenters. The third-order valence-corrected chi connectivity index (χ3v) is 3.42. The summed E-state index contributed by atoms with van der Waals surface area (Å²) in [6.45, 7) is 0. The Morgan fingerprint density at radius 1 is 1.15 bits per heavy atom. The molecule has 1 fully saturated rings. The Morgan fingerprint density at radius 2 is 1.85 bits per heavy atom. The van der Waals surface area contributed by atoms with Crippen LogP contribution in [0.25, 0.3) is 10.8 Å². The summed E-state index contributed by atoms with van der Waals surface area (Å²) in [5, 5.41) is 11.1. The molecule has 1 N–H and O–H groups in total. The van der Waals surface area contributed by atoms with Gasteiger partial charge >= 0.3 is 11.9 Å². The van der Waals surface area contributed by atoms with Gasteiger partial charge < -0.3 is 9.84 Å². The molecular formula is C15H12O4Y. The predicted octanol–water partition coefficient (Wildman–Crippen LogP) is 2.01. The summed E-state index contributed by atoms with van der Waals surface area (Å²) >= 11 is 0. The van der Waals surface area contributed by atoms with E-state index in [0.29, 0.717) is 6.42 Å². The van der Waals surface area contributed by atoms with Crippen LogP contribution in [0, 0.1) is 5.92 Å². The van der Waals surface area contributed by atoms with Gasteiger partial charge in [-0.1, -0.05) is 42.5 Å². The van der Waals surface area contributed by atoms with Crippen LogP contribution in [0.4, 0.5) is 0 Å². The van der Waals surface area contributed by atoms with Gasteiger partial charge in [0.15, 0.2) is 0 Å². The van der Waals surface area contributed by atoms with Crippen LogP contribution in [0.5, 0.6) is 0 Å². The molecule has 2 aromatic carbocycles. The third kappa shape index (κ3) is 2.76. The van der Waals surface area contributed by atoms with E-state index in [4.69, 9.17) is 5.11 Å². The first-order valence-corrected chi connectivity index (χ1v) is 6.06. The molecule has 1 saturated heterocycles. The second-order valence-corrected chi connectivity index (χ2v) is 4.69. The number of ether oxygens (including phenoxy) is 1. The Morgan fingerprint density at radius 3 is 2.50 bits per heavy atom. The fraction of sp³-hybridized carbons (Fsp3) is 0.200. The van der Waals surface area contributed by atoms with Gasteiger partial charge in [-0.25, -0.2) is 4.79 Å². The molecule has 1 radical (unpaired) electrons. The number of aliphatic carboxylic acids is 1. The minimum atomic E-state index is -1.08. The van der Waals surface area contributed by atoms with Gasteiger partial charge in [0.2, 0.25) is 6.10 Å². The summed E-state index contributed by atoms with van der Waals surface area (Å²) in [6.07, 6.45) is -0.598. The Hall–Kier alpha value is -1.26. The van der Waals surface area contributed by atoms with Gasteiger partial charge in [-0.3, -0.25) is 4.79 Å². The number of hydrogen-bond acceptors (Lipinski definition) is 3. The van der Waals surface area contributed by atoms with Gasteiger partial charge in [0.25, 0.3) is 0 Å². The Kier molecular flexibility index (Phi) is 4.56. The van der Waals surface area contributed by atoms with E-state index in [0.717, 1.165) is 16.3 Å². The van der Waals surface area contributed by atoms with Crippen molar-refractivity contribution in [3.63, 3.8) is 0 Å². The molecule has 0 bridgehead atoms. The Bertz CT molecular complexity index is 668. The number of benzene rings is 2. The van der Waals surface area contributed by atoms with E-state index in [9.17, 15) is 9.59 Å². The number of carbonyl (C=O) groups is 2. The van der Waals surface area contributed by atoms with Crippen molar-refractivity contribution < 1.29 is 52.1 Å². The normalized spacial score (nSPS) is 20.7. The molecule has 2 unspecified atom stereocenters. The van der Waals surface area contributed by atoms with Crippen LogP contribution in [0.3, 0.4) is 0 Å². The summed E-state index contributed by atoms with van der Waals surface area (Å²) in [7, 11) is 0. The van der Waals surface area contributed by atoms with Gasteiger partial charge in [0.05, 0.1) is 0 Å². The first-order chi connectivity index (χ1) is 9.15. The molecule has 3 rings (SSSR count). The van der Waals surface area contributed by atoms with Gasteiger partial charge in [-0.05, 0) is 22.8 Å². The second-order valence-electron chi connectivity index (χ2n) is 4.69. The van der Waals surface area contributed by atoms with E-state index in [1.54, 1.807) is 0 Å². The number of carboxylic acids is 1. The average molecular weight is 345 g/mol. The summed E-state index contributed by atoms with van der Waals surface area (Å²) in [5.41, 5.74) is 0.951. The molecule has 1 aliphatic rings. The fourth-order valence-corrected chi connectivity index (χ4v) is 2.38. The summed E-state index contributed by atoms with van der Waals surface area (Å²) in [4.78, 5) is 22.2. The van der Waals surface area contributed by atoms with Gasteiger partial charge in [-0.2, -0.15) is 0 Å². The largest absolute Gasteiger partial charge is 0.478 e. The van der Waals surface area contributed by atoms with Gasteiger partial charge in [0.1, 0.15) is 5.92 Å². The van der Waals surface area contributed by atoms with E-state index in [2.05, 4.69) is 4.74 Å². The van der Waals surface area contributed by atoms with Crippen LogP contribution < -0.4 is 0 Å². The van der Waals surface area contributed by atoms with Crippen molar-refractivity contribution in [1.29, 1.82) is 0 Å². The first kappa shape index (κ1) is 15.1. The van der Waals surface area contributed by atoms with Crippen LogP contribution in [-0.2, 0) is 53.5 Å². The van der Waals surface area contributed by atoms with Crippen molar-refractivity contribution >= 4 is 22.7 Å². The maximum Gasteiger partial charge on any atom is 0.345 e. The monoisotopic (exact) mass is 345 g/mol. The van der Waals surface area contributed by atoms with E-state index >= 15 is 0 Å². The number of hydrogen-bond donors (Lipinski definition) is 1. The Balaban J connectivity index is 0.00000147.